The Morgan fingerprint density at radius 1 is 1.33 bits per heavy atom. The molecule has 1 heterocycles. The Bertz CT molecular complexity index is 276. The van der Waals surface area contributed by atoms with E-state index in [1.165, 1.54) is 0 Å². The predicted molar refractivity (Wildman–Crippen MR) is 63.0 cm³/mol. The van der Waals surface area contributed by atoms with Crippen LogP contribution in [0.3, 0.4) is 0 Å². The lowest BCUT2D eigenvalue weighted by molar-refractivity contribution is 0.121. The van der Waals surface area contributed by atoms with Crippen molar-refractivity contribution >= 4 is 5.82 Å². The van der Waals surface area contributed by atoms with Crippen molar-refractivity contribution in [3.63, 3.8) is 0 Å². The summed E-state index contributed by atoms with van der Waals surface area (Å²) >= 11 is 0. The average molecular weight is 208 g/mol. The lowest BCUT2D eigenvalue weighted by Crippen LogP contribution is -2.06. The Labute approximate surface area is 91.9 Å². The van der Waals surface area contributed by atoms with Gasteiger partial charge in [0.15, 0.2) is 0 Å². The number of nitrogens with zero attached hydrogens (tertiary/aromatic N) is 1. The van der Waals surface area contributed by atoms with Crippen LogP contribution in [0, 0.1) is 0 Å². The Balaban J connectivity index is 2.52. The SMILES string of the molecule is CCCNc1ncccc1COCCC. The predicted octanol–water partition coefficient (Wildman–Crippen LogP) is 2.83. The third kappa shape index (κ3) is 4.30. The zero-order valence-corrected chi connectivity index (χ0v) is 9.62. The van der Waals surface area contributed by atoms with E-state index in [1.54, 1.807) is 6.20 Å². The molecule has 1 N–H and O–H groups in total. The van der Waals surface area contributed by atoms with E-state index in [1.807, 2.05) is 6.07 Å². The fourth-order valence-electron chi connectivity index (χ4n) is 1.28. The second-order valence-corrected chi connectivity index (χ2v) is 3.49. The van der Waals surface area contributed by atoms with E-state index in [4.69, 9.17) is 4.74 Å². The van der Waals surface area contributed by atoms with Gasteiger partial charge in [-0.2, -0.15) is 0 Å². The third-order valence-electron chi connectivity index (χ3n) is 2.04. The second kappa shape index (κ2) is 7.23. The summed E-state index contributed by atoms with van der Waals surface area (Å²) in [6.07, 6.45) is 3.96. The molecule has 3 nitrogen and oxygen atoms in total. The minimum atomic E-state index is 0.647. The number of hydrogen-bond donors (Lipinski definition) is 1. The summed E-state index contributed by atoms with van der Waals surface area (Å²) in [4.78, 5) is 4.30. The average Bonchev–Trinajstić information content (AvgIpc) is 2.28. The van der Waals surface area contributed by atoms with Crippen molar-refractivity contribution in [3.05, 3.63) is 23.9 Å². The molecule has 3 heteroatoms. The maximum Gasteiger partial charge on any atom is 0.131 e. The van der Waals surface area contributed by atoms with Gasteiger partial charge in [-0.25, -0.2) is 4.98 Å². The monoisotopic (exact) mass is 208 g/mol. The molecule has 0 unspecified atom stereocenters. The molecular formula is C12H20N2O. The Morgan fingerprint density at radius 2 is 2.20 bits per heavy atom. The molecule has 0 amide bonds. The number of nitrogens with one attached hydrogen (secondary N) is 1. The molecule has 1 aromatic rings. The van der Waals surface area contributed by atoms with Crippen LogP contribution < -0.4 is 5.32 Å². The minimum Gasteiger partial charge on any atom is -0.377 e. The summed E-state index contributed by atoms with van der Waals surface area (Å²) in [6.45, 7) is 6.66. The molecule has 1 aromatic heterocycles. The van der Waals surface area contributed by atoms with Gasteiger partial charge in [0.25, 0.3) is 0 Å². The lowest BCUT2D eigenvalue weighted by Gasteiger charge is -2.09. The molecule has 0 aliphatic carbocycles. The lowest BCUT2D eigenvalue weighted by atomic mass is 10.2. The molecule has 15 heavy (non-hydrogen) atoms. The fraction of sp³-hybridized carbons (Fsp3) is 0.583. The van der Waals surface area contributed by atoms with Crippen LogP contribution in [0.25, 0.3) is 0 Å². The van der Waals surface area contributed by atoms with E-state index in [0.29, 0.717) is 6.61 Å². The Hall–Kier alpha value is -1.09. The second-order valence-electron chi connectivity index (χ2n) is 3.49. The molecule has 0 spiro atoms. The molecule has 1 rings (SSSR count). The highest BCUT2D eigenvalue weighted by Gasteiger charge is 2.01. The molecule has 0 saturated carbocycles. The van der Waals surface area contributed by atoms with Crippen LogP contribution in [0.5, 0.6) is 0 Å². The van der Waals surface area contributed by atoms with Gasteiger partial charge in [0.05, 0.1) is 6.61 Å². The van der Waals surface area contributed by atoms with Crippen LogP contribution in [0.1, 0.15) is 32.3 Å². The van der Waals surface area contributed by atoms with Crippen LogP contribution in [0.2, 0.25) is 0 Å². The highest BCUT2D eigenvalue weighted by Crippen LogP contribution is 2.12. The van der Waals surface area contributed by atoms with Crippen molar-refractivity contribution in [1.29, 1.82) is 0 Å². The summed E-state index contributed by atoms with van der Waals surface area (Å²) < 4.78 is 5.51. The standard InChI is InChI=1S/C12H20N2O/c1-3-7-13-12-11(6-5-8-14-12)10-15-9-4-2/h5-6,8H,3-4,7,9-10H2,1-2H3,(H,13,14). The van der Waals surface area contributed by atoms with Crippen molar-refractivity contribution < 1.29 is 4.74 Å². The zero-order chi connectivity index (χ0) is 10.9. The topological polar surface area (TPSA) is 34.2 Å². The molecule has 0 saturated heterocycles. The van der Waals surface area contributed by atoms with E-state index in [0.717, 1.165) is 37.4 Å². The van der Waals surface area contributed by atoms with Gasteiger partial charge >= 0.3 is 0 Å². The van der Waals surface area contributed by atoms with Gasteiger partial charge in [-0.3, -0.25) is 0 Å². The Kier molecular flexibility index (Phi) is 5.78. The van der Waals surface area contributed by atoms with Gasteiger partial charge in [-0.05, 0) is 18.9 Å². The van der Waals surface area contributed by atoms with E-state index < -0.39 is 0 Å². The first-order valence-electron chi connectivity index (χ1n) is 5.64. The summed E-state index contributed by atoms with van der Waals surface area (Å²) in [5, 5.41) is 3.30. The van der Waals surface area contributed by atoms with Gasteiger partial charge in [0.1, 0.15) is 5.82 Å². The largest absolute Gasteiger partial charge is 0.377 e. The molecule has 84 valence electrons. The van der Waals surface area contributed by atoms with Crippen LogP contribution in [-0.4, -0.2) is 18.1 Å². The first kappa shape index (κ1) is 12.0. The molecule has 0 radical (unpaired) electrons. The molecule has 0 aromatic carbocycles. The molecule has 0 aliphatic heterocycles. The summed E-state index contributed by atoms with van der Waals surface area (Å²) in [6, 6.07) is 4.00. The highest BCUT2D eigenvalue weighted by molar-refractivity contribution is 5.43. The molecule has 0 fully saturated rings. The number of anilines is 1. The van der Waals surface area contributed by atoms with Gasteiger partial charge in [0.2, 0.25) is 0 Å². The Morgan fingerprint density at radius 3 is 2.93 bits per heavy atom. The van der Waals surface area contributed by atoms with Crippen molar-refractivity contribution in [2.75, 3.05) is 18.5 Å². The van der Waals surface area contributed by atoms with Crippen LogP contribution in [-0.2, 0) is 11.3 Å². The normalized spacial score (nSPS) is 10.3. The van der Waals surface area contributed by atoms with E-state index in [-0.39, 0.29) is 0 Å². The van der Waals surface area contributed by atoms with E-state index in [2.05, 4.69) is 30.2 Å². The smallest absolute Gasteiger partial charge is 0.131 e. The zero-order valence-electron chi connectivity index (χ0n) is 9.62. The number of ether oxygens (including phenoxy) is 1. The van der Waals surface area contributed by atoms with Gasteiger partial charge in [0, 0.05) is 24.9 Å². The summed E-state index contributed by atoms with van der Waals surface area (Å²) in [7, 11) is 0. The quantitative estimate of drug-likeness (QED) is 0.700. The number of hydrogen-bond acceptors (Lipinski definition) is 3. The number of aromatic nitrogens is 1. The molecular weight excluding hydrogens is 188 g/mol. The van der Waals surface area contributed by atoms with Crippen molar-refractivity contribution in [1.82, 2.24) is 4.98 Å². The maximum absolute atomic E-state index is 5.51. The van der Waals surface area contributed by atoms with Crippen molar-refractivity contribution in [3.8, 4) is 0 Å². The third-order valence-corrected chi connectivity index (χ3v) is 2.04. The highest BCUT2D eigenvalue weighted by atomic mass is 16.5. The van der Waals surface area contributed by atoms with Crippen molar-refractivity contribution in [2.45, 2.75) is 33.3 Å². The van der Waals surface area contributed by atoms with Crippen molar-refractivity contribution in [2.24, 2.45) is 0 Å². The summed E-state index contributed by atoms with van der Waals surface area (Å²) in [5.74, 6) is 0.954. The first-order valence-corrected chi connectivity index (χ1v) is 5.64. The van der Waals surface area contributed by atoms with Crippen LogP contribution in [0.15, 0.2) is 18.3 Å². The van der Waals surface area contributed by atoms with Gasteiger partial charge < -0.3 is 10.1 Å². The first-order chi connectivity index (χ1) is 7.38. The molecule has 0 aliphatic rings. The minimum absolute atomic E-state index is 0.647. The number of pyridine rings is 1. The number of rotatable bonds is 7. The fourth-order valence-corrected chi connectivity index (χ4v) is 1.28. The van der Waals surface area contributed by atoms with Gasteiger partial charge in [-0.15, -0.1) is 0 Å². The molecule has 0 bridgehead atoms. The maximum atomic E-state index is 5.51. The van der Waals surface area contributed by atoms with Gasteiger partial charge in [-0.1, -0.05) is 19.9 Å². The van der Waals surface area contributed by atoms with Crippen LogP contribution >= 0.6 is 0 Å². The summed E-state index contributed by atoms with van der Waals surface area (Å²) in [5.41, 5.74) is 1.14. The van der Waals surface area contributed by atoms with E-state index >= 15 is 0 Å². The molecule has 0 atom stereocenters. The van der Waals surface area contributed by atoms with E-state index in [9.17, 15) is 0 Å². The van der Waals surface area contributed by atoms with Crippen LogP contribution in [0.4, 0.5) is 5.82 Å².